The van der Waals surface area contributed by atoms with E-state index in [4.69, 9.17) is 0 Å². The number of aliphatic hydroxyl groups is 1. The second-order valence-corrected chi connectivity index (χ2v) is 7.42. The van der Waals surface area contributed by atoms with Gasteiger partial charge in [-0.2, -0.15) is 0 Å². The Morgan fingerprint density at radius 2 is 2.05 bits per heavy atom. The summed E-state index contributed by atoms with van der Waals surface area (Å²) in [6.45, 7) is 8.87. The summed E-state index contributed by atoms with van der Waals surface area (Å²) in [5.74, 6) is 1.45. The maximum absolute atomic E-state index is 11.0. The number of benzene rings is 1. The van der Waals surface area contributed by atoms with Crippen molar-refractivity contribution in [2.75, 3.05) is 0 Å². The van der Waals surface area contributed by atoms with Crippen molar-refractivity contribution in [1.29, 1.82) is 0 Å². The molecule has 0 heterocycles. The van der Waals surface area contributed by atoms with Crippen LogP contribution in [0.1, 0.15) is 62.6 Å². The van der Waals surface area contributed by atoms with E-state index in [2.05, 4.69) is 45.9 Å². The van der Waals surface area contributed by atoms with Gasteiger partial charge in [0.2, 0.25) is 0 Å². The molecule has 1 N–H and O–H groups in total. The van der Waals surface area contributed by atoms with E-state index in [9.17, 15) is 5.11 Å². The van der Waals surface area contributed by atoms with E-state index >= 15 is 0 Å². The average Bonchev–Trinajstić information content (AvgIpc) is 2.32. The van der Waals surface area contributed by atoms with Crippen molar-refractivity contribution in [1.82, 2.24) is 0 Å². The maximum Gasteiger partial charge on any atom is 0.0690 e. The second kappa shape index (κ2) is 6.30. The topological polar surface area (TPSA) is 20.2 Å². The van der Waals surface area contributed by atoms with Gasteiger partial charge in [-0.1, -0.05) is 50.5 Å². The molecule has 1 aromatic rings. The molecule has 1 aliphatic rings. The molecule has 0 bridgehead atoms. The van der Waals surface area contributed by atoms with E-state index in [0.29, 0.717) is 5.92 Å². The fraction of sp³-hybridized carbons (Fsp3) is 0.684. The van der Waals surface area contributed by atoms with Crippen LogP contribution >= 0.6 is 0 Å². The van der Waals surface area contributed by atoms with E-state index in [0.717, 1.165) is 25.2 Å². The molecule has 1 nitrogen and oxygen atoms in total. The summed E-state index contributed by atoms with van der Waals surface area (Å²) in [5, 5.41) is 11.0. The van der Waals surface area contributed by atoms with Crippen molar-refractivity contribution in [3.05, 3.63) is 34.9 Å². The van der Waals surface area contributed by atoms with Crippen LogP contribution in [0, 0.1) is 25.7 Å². The highest BCUT2D eigenvalue weighted by Gasteiger charge is 2.34. The summed E-state index contributed by atoms with van der Waals surface area (Å²) in [5.41, 5.74) is 3.47. The molecule has 2 rings (SSSR count). The van der Waals surface area contributed by atoms with Gasteiger partial charge in [-0.25, -0.2) is 0 Å². The molecule has 0 aliphatic heterocycles. The normalized spacial score (nSPS) is 27.0. The first-order valence-corrected chi connectivity index (χ1v) is 8.16. The summed E-state index contributed by atoms with van der Waals surface area (Å²) in [4.78, 5) is 0. The molecule has 1 fully saturated rings. The van der Waals surface area contributed by atoms with Crippen molar-refractivity contribution >= 4 is 0 Å². The van der Waals surface area contributed by atoms with E-state index in [-0.39, 0.29) is 0 Å². The highest BCUT2D eigenvalue weighted by molar-refractivity contribution is 5.31. The summed E-state index contributed by atoms with van der Waals surface area (Å²) >= 11 is 0. The number of hydrogen-bond donors (Lipinski definition) is 1. The molecule has 1 aromatic carbocycles. The molecule has 1 saturated carbocycles. The second-order valence-electron chi connectivity index (χ2n) is 7.42. The first-order chi connectivity index (χ1) is 9.38. The predicted octanol–water partition coefficient (Wildman–Crippen LogP) is 4.81. The fourth-order valence-electron chi connectivity index (χ4n) is 3.83. The summed E-state index contributed by atoms with van der Waals surface area (Å²) < 4.78 is 0. The number of rotatable bonds is 4. The van der Waals surface area contributed by atoms with Crippen LogP contribution in [0.25, 0.3) is 0 Å². The van der Waals surface area contributed by atoms with Crippen LogP contribution in [0.5, 0.6) is 0 Å². The van der Waals surface area contributed by atoms with E-state index < -0.39 is 5.60 Å². The van der Waals surface area contributed by atoms with E-state index in [1.807, 2.05) is 0 Å². The van der Waals surface area contributed by atoms with Gasteiger partial charge in [0.15, 0.2) is 0 Å². The number of aryl methyl sites for hydroxylation is 2. The van der Waals surface area contributed by atoms with Crippen LogP contribution in [-0.2, 0) is 6.42 Å². The number of hydrogen-bond acceptors (Lipinski definition) is 1. The van der Waals surface area contributed by atoms with Gasteiger partial charge < -0.3 is 5.11 Å². The SMILES string of the molecule is Cc1ccc(C)c(CC2(O)CCCC(CC(C)C)C2)c1. The molecule has 112 valence electrons. The minimum absolute atomic E-state index is 0.476. The lowest BCUT2D eigenvalue weighted by atomic mass is 9.72. The summed E-state index contributed by atoms with van der Waals surface area (Å²) in [7, 11) is 0. The van der Waals surface area contributed by atoms with Crippen molar-refractivity contribution in [2.45, 2.75) is 71.8 Å². The van der Waals surface area contributed by atoms with Gasteiger partial charge >= 0.3 is 0 Å². The molecule has 0 radical (unpaired) electrons. The molecular weight excluding hydrogens is 244 g/mol. The fourth-order valence-corrected chi connectivity index (χ4v) is 3.83. The zero-order valence-electron chi connectivity index (χ0n) is 13.6. The molecule has 2 atom stereocenters. The Hall–Kier alpha value is -0.820. The first kappa shape index (κ1) is 15.6. The Morgan fingerprint density at radius 3 is 2.75 bits per heavy atom. The van der Waals surface area contributed by atoms with Crippen molar-refractivity contribution in [3.63, 3.8) is 0 Å². The monoisotopic (exact) mass is 274 g/mol. The Balaban J connectivity index is 2.08. The smallest absolute Gasteiger partial charge is 0.0690 e. The highest BCUT2D eigenvalue weighted by Crippen LogP contribution is 2.38. The van der Waals surface area contributed by atoms with E-state index in [1.165, 1.54) is 36.0 Å². The predicted molar refractivity (Wildman–Crippen MR) is 86.0 cm³/mol. The lowest BCUT2D eigenvalue weighted by Gasteiger charge is -2.38. The average molecular weight is 274 g/mol. The van der Waals surface area contributed by atoms with Crippen LogP contribution in [0.2, 0.25) is 0 Å². The minimum Gasteiger partial charge on any atom is -0.390 e. The molecule has 0 spiro atoms. The van der Waals surface area contributed by atoms with Crippen LogP contribution in [0.3, 0.4) is 0 Å². The van der Waals surface area contributed by atoms with Gasteiger partial charge in [-0.3, -0.25) is 0 Å². The Morgan fingerprint density at radius 1 is 1.30 bits per heavy atom. The lowest BCUT2D eigenvalue weighted by molar-refractivity contribution is -0.0190. The molecule has 0 aromatic heterocycles. The molecule has 1 heteroatoms. The van der Waals surface area contributed by atoms with Crippen LogP contribution in [-0.4, -0.2) is 10.7 Å². The van der Waals surface area contributed by atoms with Crippen LogP contribution in [0.4, 0.5) is 0 Å². The zero-order chi connectivity index (χ0) is 14.8. The van der Waals surface area contributed by atoms with Crippen molar-refractivity contribution in [2.24, 2.45) is 11.8 Å². The van der Waals surface area contributed by atoms with Crippen molar-refractivity contribution < 1.29 is 5.11 Å². The molecule has 0 amide bonds. The minimum atomic E-state index is -0.476. The molecule has 2 unspecified atom stereocenters. The third-order valence-corrected chi connectivity index (χ3v) is 4.75. The largest absolute Gasteiger partial charge is 0.390 e. The third-order valence-electron chi connectivity index (χ3n) is 4.75. The first-order valence-electron chi connectivity index (χ1n) is 8.16. The van der Waals surface area contributed by atoms with Gasteiger partial charge in [0.25, 0.3) is 0 Å². The van der Waals surface area contributed by atoms with Crippen LogP contribution < -0.4 is 0 Å². The summed E-state index contributed by atoms with van der Waals surface area (Å²) in [6, 6.07) is 6.59. The Kier molecular flexibility index (Phi) is 4.90. The van der Waals surface area contributed by atoms with Gasteiger partial charge in [-0.05, 0) is 56.1 Å². The lowest BCUT2D eigenvalue weighted by Crippen LogP contribution is -2.38. The van der Waals surface area contributed by atoms with Gasteiger partial charge in [0.1, 0.15) is 0 Å². The Bertz CT molecular complexity index is 449. The van der Waals surface area contributed by atoms with Crippen LogP contribution in [0.15, 0.2) is 18.2 Å². The molecular formula is C19H30O. The third kappa shape index (κ3) is 4.09. The van der Waals surface area contributed by atoms with E-state index in [1.54, 1.807) is 0 Å². The highest BCUT2D eigenvalue weighted by atomic mass is 16.3. The van der Waals surface area contributed by atoms with Crippen molar-refractivity contribution in [3.8, 4) is 0 Å². The molecule has 0 saturated heterocycles. The molecule has 20 heavy (non-hydrogen) atoms. The zero-order valence-corrected chi connectivity index (χ0v) is 13.6. The standard InChI is InChI=1S/C19H30O/c1-14(2)10-17-6-5-9-19(20,12-17)13-18-11-15(3)7-8-16(18)4/h7-8,11,14,17,20H,5-6,9-10,12-13H2,1-4H3. The van der Waals surface area contributed by atoms with Gasteiger partial charge in [0, 0.05) is 6.42 Å². The summed E-state index contributed by atoms with van der Waals surface area (Å²) in [6.07, 6.45) is 6.52. The quantitative estimate of drug-likeness (QED) is 0.835. The Labute approximate surface area is 124 Å². The molecule has 1 aliphatic carbocycles. The van der Waals surface area contributed by atoms with Gasteiger partial charge in [0.05, 0.1) is 5.60 Å². The van der Waals surface area contributed by atoms with Gasteiger partial charge in [-0.15, -0.1) is 0 Å². The maximum atomic E-state index is 11.0.